The molecule has 2 aliphatic heterocycles. The van der Waals surface area contributed by atoms with Gasteiger partial charge in [-0.1, -0.05) is 41.9 Å². The maximum Gasteiger partial charge on any atom is 0.142 e. The zero-order valence-corrected chi connectivity index (χ0v) is 30.9. The summed E-state index contributed by atoms with van der Waals surface area (Å²) in [5.41, 5.74) is 6.59. The number of nitrogens with zero attached hydrogens (tertiary/aromatic N) is 6. The molecule has 11 heteroatoms. The van der Waals surface area contributed by atoms with Crippen LogP contribution in [-0.4, -0.2) is 68.5 Å². The van der Waals surface area contributed by atoms with Crippen molar-refractivity contribution in [2.24, 2.45) is 0 Å². The Kier molecular flexibility index (Phi) is 11.5. The van der Waals surface area contributed by atoms with Gasteiger partial charge in [-0.15, -0.1) is 0 Å². The molecule has 3 aromatic carbocycles. The van der Waals surface area contributed by atoms with E-state index in [0.717, 1.165) is 108 Å². The molecule has 2 saturated heterocycles. The summed E-state index contributed by atoms with van der Waals surface area (Å²) < 4.78 is 15.8. The summed E-state index contributed by atoms with van der Waals surface area (Å²) in [6.07, 6.45) is 10.4. The Balaban J connectivity index is 1.06. The number of aryl methyl sites for hydroxylation is 1. The van der Waals surface area contributed by atoms with Crippen LogP contribution in [0.4, 0.5) is 0 Å². The molecule has 9 nitrogen and oxygen atoms in total. The van der Waals surface area contributed by atoms with Gasteiger partial charge in [-0.25, -0.2) is 0 Å². The summed E-state index contributed by atoms with van der Waals surface area (Å²) in [7, 11) is 0. The van der Waals surface area contributed by atoms with E-state index in [1.165, 1.54) is 12.8 Å². The number of ether oxygens (including phenoxy) is 2. The van der Waals surface area contributed by atoms with Crippen molar-refractivity contribution < 1.29 is 14.6 Å². The van der Waals surface area contributed by atoms with Crippen molar-refractivity contribution in [3.8, 4) is 28.7 Å². The number of aromatic nitrogens is 3. The Morgan fingerprint density at radius 3 is 2.51 bits per heavy atom. The molecule has 51 heavy (non-hydrogen) atoms. The van der Waals surface area contributed by atoms with Crippen LogP contribution in [-0.2, 0) is 26.3 Å². The molecule has 5 aromatic rings. The number of halogens is 2. The SMILES string of the molecule is N#Cc1cncc(COc2cc(OCc3cccc(-c4cccc5c4cnn5CCCCN4CCC(O)C4)c3Br)c(Cl)cc2CN2CCCC2)c1. The predicted octanol–water partition coefficient (Wildman–Crippen LogP) is 7.99. The van der Waals surface area contributed by atoms with Gasteiger partial charge in [0.05, 0.1) is 28.4 Å². The van der Waals surface area contributed by atoms with Crippen LogP contribution in [0.3, 0.4) is 0 Å². The quantitative estimate of drug-likeness (QED) is 0.114. The van der Waals surface area contributed by atoms with Crippen LogP contribution >= 0.6 is 27.5 Å². The number of fused-ring (bicyclic) bond motifs is 1. The summed E-state index contributed by atoms with van der Waals surface area (Å²) in [5.74, 6) is 1.25. The van der Waals surface area contributed by atoms with Crippen LogP contribution in [0.2, 0.25) is 5.02 Å². The lowest BCUT2D eigenvalue weighted by Crippen LogP contribution is -2.23. The number of rotatable bonds is 14. The van der Waals surface area contributed by atoms with Gasteiger partial charge in [-0.3, -0.25) is 14.6 Å². The number of aliphatic hydroxyl groups excluding tert-OH is 1. The molecule has 0 aliphatic carbocycles. The van der Waals surface area contributed by atoms with E-state index in [1.807, 2.05) is 18.3 Å². The van der Waals surface area contributed by atoms with Gasteiger partial charge >= 0.3 is 0 Å². The van der Waals surface area contributed by atoms with Gasteiger partial charge in [-0.2, -0.15) is 10.4 Å². The van der Waals surface area contributed by atoms with Crippen molar-refractivity contribution >= 4 is 38.4 Å². The summed E-state index contributed by atoms with van der Waals surface area (Å²) in [5, 5.41) is 25.5. The molecule has 2 fully saturated rings. The van der Waals surface area contributed by atoms with E-state index < -0.39 is 0 Å². The summed E-state index contributed by atoms with van der Waals surface area (Å²) in [4.78, 5) is 8.93. The minimum absolute atomic E-state index is 0.173. The molecule has 0 amide bonds. The van der Waals surface area contributed by atoms with Gasteiger partial charge in [0.15, 0.2) is 0 Å². The van der Waals surface area contributed by atoms with Gasteiger partial charge in [0, 0.05) is 71.2 Å². The molecular weight excluding hydrogens is 728 g/mol. The van der Waals surface area contributed by atoms with Crippen molar-refractivity contribution in [3.05, 3.63) is 105 Å². The summed E-state index contributed by atoms with van der Waals surface area (Å²) in [6.45, 7) is 7.06. The lowest BCUT2D eigenvalue weighted by molar-refractivity contribution is 0.175. The highest BCUT2D eigenvalue weighted by atomic mass is 79.9. The molecule has 1 N–H and O–H groups in total. The first-order valence-electron chi connectivity index (χ1n) is 17.7. The molecule has 7 rings (SSSR count). The van der Waals surface area contributed by atoms with E-state index >= 15 is 0 Å². The van der Waals surface area contributed by atoms with Gasteiger partial charge in [-0.05, 0) is 97.0 Å². The van der Waals surface area contributed by atoms with Gasteiger partial charge in [0.1, 0.15) is 30.8 Å². The van der Waals surface area contributed by atoms with Crippen molar-refractivity contribution in [3.63, 3.8) is 0 Å². The second kappa shape index (κ2) is 16.6. The standard InChI is InChI=1S/C40H42BrClN6O3/c41-40-30(7-5-9-34(40)33-8-6-10-37-35(33)23-45-48(37)15-4-3-14-47-16-11-32(49)25-47)27-51-39-19-38(50-26-29-17-28(20-43)21-44-22-29)31(18-36(39)42)24-46-12-1-2-13-46/h5-10,17-19,21-23,32,49H,1-4,11-16,24-27H2. The molecule has 1 atom stereocenters. The number of pyridine rings is 1. The first-order chi connectivity index (χ1) is 24.9. The average Bonchev–Trinajstić information content (AvgIpc) is 3.92. The fraction of sp³-hybridized carbons (Fsp3) is 0.375. The number of unbranched alkanes of at least 4 members (excludes halogenated alkanes) is 1. The van der Waals surface area contributed by atoms with Crippen LogP contribution in [0, 0.1) is 11.3 Å². The monoisotopic (exact) mass is 768 g/mol. The van der Waals surface area contributed by atoms with E-state index in [4.69, 9.17) is 26.2 Å². The third kappa shape index (κ3) is 8.57. The lowest BCUT2D eigenvalue weighted by Gasteiger charge is -2.20. The fourth-order valence-electron chi connectivity index (χ4n) is 7.10. The summed E-state index contributed by atoms with van der Waals surface area (Å²) in [6, 6.07) is 20.4. The van der Waals surface area contributed by atoms with Crippen LogP contribution in [0.15, 0.2) is 77.7 Å². The molecule has 1 unspecified atom stereocenters. The van der Waals surface area contributed by atoms with E-state index in [2.05, 4.69) is 77.9 Å². The zero-order chi connectivity index (χ0) is 35.2. The summed E-state index contributed by atoms with van der Waals surface area (Å²) >= 11 is 10.8. The molecular formula is C40H42BrClN6O3. The Morgan fingerprint density at radius 1 is 0.882 bits per heavy atom. The fourth-order valence-corrected chi connectivity index (χ4v) is 7.93. The highest BCUT2D eigenvalue weighted by Crippen LogP contribution is 2.38. The lowest BCUT2D eigenvalue weighted by atomic mass is 10.00. The topological polar surface area (TPSA) is 99.7 Å². The smallest absolute Gasteiger partial charge is 0.142 e. The number of β-amino-alcohol motifs (C(OH)–C–C–N with tert-alkyl or cyclic N) is 1. The Bertz CT molecular complexity index is 2020. The Labute approximate surface area is 312 Å². The van der Waals surface area contributed by atoms with Crippen LogP contribution in [0.1, 0.15) is 54.4 Å². The molecule has 2 aromatic heterocycles. The number of hydrogen-bond acceptors (Lipinski definition) is 8. The average molecular weight is 770 g/mol. The van der Waals surface area contributed by atoms with Gasteiger partial charge in [0.25, 0.3) is 0 Å². The third-order valence-electron chi connectivity index (χ3n) is 9.81. The molecule has 0 bridgehead atoms. The number of benzene rings is 3. The maximum absolute atomic E-state index is 9.81. The van der Waals surface area contributed by atoms with E-state index in [-0.39, 0.29) is 12.7 Å². The molecule has 0 saturated carbocycles. The van der Waals surface area contributed by atoms with Crippen LogP contribution < -0.4 is 9.47 Å². The minimum atomic E-state index is -0.173. The van der Waals surface area contributed by atoms with E-state index in [0.29, 0.717) is 28.7 Å². The highest BCUT2D eigenvalue weighted by Gasteiger charge is 2.20. The van der Waals surface area contributed by atoms with E-state index in [1.54, 1.807) is 18.5 Å². The van der Waals surface area contributed by atoms with Crippen molar-refractivity contribution in [1.82, 2.24) is 24.6 Å². The highest BCUT2D eigenvalue weighted by molar-refractivity contribution is 9.10. The predicted molar refractivity (Wildman–Crippen MR) is 203 cm³/mol. The van der Waals surface area contributed by atoms with Crippen molar-refractivity contribution in [1.29, 1.82) is 5.26 Å². The number of nitriles is 1. The second-order valence-electron chi connectivity index (χ2n) is 13.5. The van der Waals surface area contributed by atoms with Crippen LogP contribution in [0.5, 0.6) is 11.5 Å². The molecule has 4 heterocycles. The number of aliphatic hydroxyl groups is 1. The Hall–Kier alpha value is -3.98. The molecule has 0 radical (unpaired) electrons. The normalized spacial score (nSPS) is 16.5. The molecule has 2 aliphatic rings. The number of likely N-dealkylation sites (tertiary alicyclic amines) is 2. The third-order valence-corrected chi connectivity index (χ3v) is 11.0. The van der Waals surface area contributed by atoms with Crippen molar-refractivity contribution in [2.75, 3.05) is 32.7 Å². The first kappa shape index (κ1) is 35.4. The molecule has 0 spiro atoms. The Morgan fingerprint density at radius 2 is 1.69 bits per heavy atom. The van der Waals surface area contributed by atoms with Crippen molar-refractivity contribution in [2.45, 2.75) is 64.5 Å². The van der Waals surface area contributed by atoms with Gasteiger partial charge < -0.3 is 19.5 Å². The van der Waals surface area contributed by atoms with E-state index in [9.17, 15) is 10.4 Å². The van der Waals surface area contributed by atoms with Gasteiger partial charge in [0.2, 0.25) is 0 Å². The number of hydrogen-bond donors (Lipinski definition) is 1. The zero-order valence-electron chi connectivity index (χ0n) is 28.6. The first-order valence-corrected chi connectivity index (χ1v) is 18.9. The largest absolute Gasteiger partial charge is 0.488 e. The maximum atomic E-state index is 9.81. The second-order valence-corrected chi connectivity index (χ2v) is 14.7. The van der Waals surface area contributed by atoms with Crippen LogP contribution in [0.25, 0.3) is 22.0 Å². The minimum Gasteiger partial charge on any atom is -0.488 e. The molecule has 264 valence electrons.